The molecule has 0 bridgehead atoms. The summed E-state index contributed by atoms with van der Waals surface area (Å²) in [5.41, 5.74) is 0. The van der Waals surface area contributed by atoms with Crippen LogP contribution in [0.3, 0.4) is 0 Å². The molecular formula is C10H16F4OS. The Labute approximate surface area is 97.0 Å². The first-order valence-electron chi connectivity index (χ1n) is 5.14. The first kappa shape index (κ1) is 15.7. The lowest BCUT2D eigenvalue weighted by atomic mass is 10.1. The van der Waals surface area contributed by atoms with Gasteiger partial charge < -0.3 is 0 Å². The largest absolute Gasteiger partial charge is 0.287 e. The van der Waals surface area contributed by atoms with Crippen LogP contribution in [0.15, 0.2) is 0 Å². The Morgan fingerprint density at radius 1 is 1.44 bits per heavy atom. The van der Waals surface area contributed by atoms with E-state index in [2.05, 4.69) is 0 Å². The van der Waals surface area contributed by atoms with Gasteiger partial charge in [0.05, 0.1) is 0 Å². The van der Waals surface area contributed by atoms with Crippen molar-refractivity contribution in [1.82, 2.24) is 0 Å². The fourth-order valence-corrected chi connectivity index (χ4v) is 1.82. The zero-order chi connectivity index (χ0) is 12.6. The van der Waals surface area contributed by atoms with Crippen molar-refractivity contribution >= 4 is 16.9 Å². The zero-order valence-corrected chi connectivity index (χ0v) is 9.96. The Morgan fingerprint density at radius 2 is 2.06 bits per heavy atom. The van der Waals surface area contributed by atoms with E-state index in [1.54, 1.807) is 6.92 Å². The van der Waals surface area contributed by atoms with E-state index in [0.29, 0.717) is 18.6 Å². The number of hydrogen-bond acceptors (Lipinski definition) is 2. The highest BCUT2D eigenvalue weighted by Gasteiger charge is 2.32. The molecule has 0 heterocycles. The van der Waals surface area contributed by atoms with Crippen LogP contribution in [0, 0.1) is 0 Å². The van der Waals surface area contributed by atoms with Gasteiger partial charge in [0.1, 0.15) is 6.17 Å². The quantitative estimate of drug-likeness (QED) is 0.488. The molecule has 16 heavy (non-hydrogen) atoms. The predicted molar refractivity (Wildman–Crippen MR) is 57.4 cm³/mol. The Hall–Kier alpha value is -0.260. The molecule has 0 saturated carbocycles. The molecule has 0 aliphatic carbocycles. The normalized spacial score (nSPS) is 13.8. The van der Waals surface area contributed by atoms with Gasteiger partial charge in [-0.2, -0.15) is 0 Å². The summed E-state index contributed by atoms with van der Waals surface area (Å²) in [5.74, 6) is -3.14. The molecule has 6 heteroatoms. The van der Waals surface area contributed by atoms with E-state index in [0.717, 1.165) is 11.8 Å². The summed E-state index contributed by atoms with van der Waals surface area (Å²) in [6.45, 7) is -0.106. The average molecular weight is 260 g/mol. The van der Waals surface area contributed by atoms with Crippen LogP contribution in [0.5, 0.6) is 0 Å². The van der Waals surface area contributed by atoms with Gasteiger partial charge in [-0.3, -0.25) is 4.79 Å². The smallest absolute Gasteiger partial charge is 0.278 e. The van der Waals surface area contributed by atoms with Crippen molar-refractivity contribution in [3.05, 3.63) is 0 Å². The number of hydrogen-bond donors (Lipinski definition) is 0. The first-order valence-corrected chi connectivity index (χ1v) is 6.13. The monoisotopic (exact) mass is 260 g/mol. The van der Waals surface area contributed by atoms with E-state index < -0.39 is 25.2 Å². The molecule has 0 N–H and O–H groups in total. The molecule has 0 fully saturated rings. The number of carbonyl (C=O) groups excluding carboxylic acids is 1. The van der Waals surface area contributed by atoms with Crippen molar-refractivity contribution in [3.8, 4) is 0 Å². The molecule has 0 spiro atoms. The van der Waals surface area contributed by atoms with Crippen molar-refractivity contribution < 1.29 is 22.4 Å². The predicted octanol–water partition coefficient (Wildman–Crippen LogP) is 3.77. The van der Waals surface area contributed by atoms with Gasteiger partial charge in [-0.15, -0.1) is 0 Å². The van der Waals surface area contributed by atoms with Crippen LogP contribution in [0.4, 0.5) is 17.6 Å². The van der Waals surface area contributed by atoms with Gasteiger partial charge in [-0.1, -0.05) is 18.7 Å². The van der Waals surface area contributed by atoms with E-state index in [1.807, 2.05) is 0 Å². The fraction of sp³-hybridized carbons (Fsp3) is 0.900. The molecule has 1 atom stereocenters. The third kappa shape index (κ3) is 7.96. The summed E-state index contributed by atoms with van der Waals surface area (Å²) < 4.78 is 49.5. The van der Waals surface area contributed by atoms with Crippen molar-refractivity contribution in [2.75, 3.05) is 12.4 Å². The van der Waals surface area contributed by atoms with Crippen LogP contribution in [0.2, 0.25) is 0 Å². The fourth-order valence-electron chi connectivity index (χ4n) is 1.07. The molecule has 0 aliphatic heterocycles. The molecule has 0 aromatic rings. The summed E-state index contributed by atoms with van der Waals surface area (Å²) in [7, 11) is 0. The molecule has 0 rings (SSSR count). The topological polar surface area (TPSA) is 17.1 Å². The Bertz CT molecular complexity index is 211. The molecule has 1 nitrogen and oxygen atoms in total. The number of carbonyl (C=O) groups is 1. The second-order valence-electron chi connectivity index (χ2n) is 3.51. The molecule has 0 aromatic carbocycles. The van der Waals surface area contributed by atoms with Crippen molar-refractivity contribution in [3.63, 3.8) is 0 Å². The molecular weight excluding hydrogens is 244 g/mol. The summed E-state index contributed by atoms with van der Waals surface area (Å²) in [6.07, 6.45) is -2.08. The highest BCUT2D eigenvalue weighted by Crippen LogP contribution is 2.24. The molecule has 0 aromatic heterocycles. The number of alkyl halides is 4. The SMILES string of the molecule is CCC(=O)SCCCC(F)CC(F)(F)CF. The van der Waals surface area contributed by atoms with Gasteiger partial charge >= 0.3 is 0 Å². The second-order valence-corrected chi connectivity index (χ2v) is 4.66. The zero-order valence-electron chi connectivity index (χ0n) is 9.15. The third-order valence-electron chi connectivity index (χ3n) is 1.93. The maximum atomic E-state index is 13.0. The number of halogens is 4. The van der Waals surface area contributed by atoms with Crippen molar-refractivity contribution in [2.24, 2.45) is 0 Å². The van der Waals surface area contributed by atoms with Gasteiger partial charge in [0.2, 0.25) is 0 Å². The standard InChI is InChI=1S/C10H16F4OS/c1-2-9(15)16-5-3-4-8(12)6-10(13,14)7-11/h8H,2-7H2,1H3. The lowest BCUT2D eigenvalue weighted by molar-refractivity contribution is -0.110. The van der Waals surface area contributed by atoms with E-state index in [1.165, 1.54) is 0 Å². The summed E-state index contributed by atoms with van der Waals surface area (Å²) >= 11 is 1.07. The van der Waals surface area contributed by atoms with Crippen LogP contribution >= 0.6 is 11.8 Å². The van der Waals surface area contributed by atoms with Crippen molar-refractivity contribution in [1.29, 1.82) is 0 Å². The summed E-state index contributed by atoms with van der Waals surface area (Å²) in [4.78, 5) is 10.8. The van der Waals surface area contributed by atoms with Gasteiger partial charge in [-0.05, 0) is 12.8 Å². The molecule has 96 valence electrons. The molecule has 0 radical (unpaired) electrons. The van der Waals surface area contributed by atoms with E-state index in [4.69, 9.17) is 0 Å². The van der Waals surface area contributed by atoms with Crippen LogP contribution in [0.25, 0.3) is 0 Å². The Balaban J connectivity index is 3.58. The minimum absolute atomic E-state index is 0.00416. The number of thioether (sulfide) groups is 1. The summed E-state index contributed by atoms with van der Waals surface area (Å²) in [5, 5.41) is 0.00416. The first-order chi connectivity index (χ1) is 7.41. The lowest BCUT2D eigenvalue weighted by Crippen LogP contribution is -2.24. The number of rotatable bonds is 8. The maximum absolute atomic E-state index is 13.0. The van der Waals surface area contributed by atoms with Gasteiger partial charge in [0.15, 0.2) is 11.8 Å². The Kier molecular flexibility index (Phi) is 7.80. The van der Waals surface area contributed by atoms with E-state index >= 15 is 0 Å². The van der Waals surface area contributed by atoms with Crippen molar-refractivity contribution in [2.45, 2.75) is 44.7 Å². The van der Waals surface area contributed by atoms with Gasteiger partial charge in [0.25, 0.3) is 5.92 Å². The third-order valence-corrected chi connectivity index (χ3v) is 3.03. The average Bonchev–Trinajstić information content (AvgIpc) is 2.23. The maximum Gasteiger partial charge on any atom is 0.278 e. The molecule has 0 amide bonds. The van der Waals surface area contributed by atoms with E-state index in [-0.39, 0.29) is 11.5 Å². The molecule has 1 unspecified atom stereocenters. The minimum atomic E-state index is -3.56. The second kappa shape index (κ2) is 7.92. The highest BCUT2D eigenvalue weighted by molar-refractivity contribution is 8.13. The molecule has 0 saturated heterocycles. The van der Waals surface area contributed by atoms with Crippen LogP contribution in [0.1, 0.15) is 32.6 Å². The van der Waals surface area contributed by atoms with Gasteiger partial charge in [0, 0.05) is 18.6 Å². The minimum Gasteiger partial charge on any atom is -0.287 e. The van der Waals surface area contributed by atoms with Crippen LogP contribution < -0.4 is 0 Å². The van der Waals surface area contributed by atoms with Crippen LogP contribution in [-0.2, 0) is 4.79 Å². The van der Waals surface area contributed by atoms with Crippen LogP contribution in [-0.4, -0.2) is 29.6 Å². The highest BCUT2D eigenvalue weighted by atomic mass is 32.2. The van der Waals surface area contributed by atoms with Gasteiger partial charge in [-0.25, -0.2) is 17.6 Å². The lowest BCUT2D eigenvalue weighted by Gasteiger charge is -2.14. The Morgan fingerprint density at radius 3 is 2.56 bits per heavy atom. The molecule has 0 aliphatic rings. The van der Waals surface area contributed by atoms with E-state index in [9.17, 15) is 22.4 Å². The summed E-state index contributed by atoms with van der Waals surface area (Å²) in [6, 6.07) is 0.